The minimum absolute atomic E-state index is 0.0935. The number of carboxylic acids is 1. The summed E-state index contributed by atoms with van der Waals surface area (Å²) in [6.45, 7) is 2.64. The molecule has 2 N–H and O–H groups in total. The molecule has 0 aliphatic carbocycles. The van der Waals surface area contributed by atoms with Crippen molar-refractivity contribution in [3.8, 4) is 5.75 Å². The van der Waals surface area contributed by atoms with E-state index in [0.717, 1.165) is 12.0 Å². The number of benzene rings is 2. The van der Waals surface area contributed by atoms with Crippen molar-refractivity contribution in [1.29, 1.82) is 0 Å². The Bertz CT molecular complexity index is 695. The summed E-state index contributed by atoms with van der Waals surface area (Å²) in [6.07, 6.45) is 1.47. The van der Waals surface area contributed by atoms with E-state index in [1.165, 1.54) is 0 Å². The van der Waals surface area contributed by atoms with Gasteiger partial charge >= 0.3 is 5.97 Å². The maximum atomic E-state index is 12.3. The maximum absolute atomic E-state index is 12.3. The van der Waals surface area contributed by atoms with Crippen LogP contribution in [0.2, 0.25) is 0 Å². The van der Waals surface area contributed by atoms with Gasteiger partial charge < -0.3 is 15.2 Å². The number of hydrogen-bond acceptors (Lipinski definition) is 3. The molecule has 0 aliphatic rings. The van der Waals surface area contributed by atoms with E-state index in [1.807, 2.05) is 25.1 Å². The standard InChI is InChI=1S/C19H21NO4/c1-2-12-24-17-5-3-4-15(13-17)19(23)20-16-9-6-14(7-10-16)8-11-18(21)22/h3-7,9-10,13H,2,8,11-12H2,1H3,(H,20,23)(H,21,22). The summed E-state index contributed by atoms with van der Waals surface area (Å²) in [7, 11) is 0. The first-order chi connectivity index (χ1) is 11.6. The first-order valence-corrected chi connectivity index (χ1v) is 7.93. The average molecular weight is 327 g/mol. The number of nitrogens with one attached hydrogen (secondary N) is 1. The molecule has 0 unspecified atom stereocenters. The number of ether oxygens (including phenoxy) is 1. The lowest BCUT2D eigenvalue weighted by Gasteiger charge is -2.09. The third-order valence-electron chi connectivity index (χ3n) is 3.41. The molecule has 2 aromatic carbocycles. The van der Waals surface area contributed by atoms with Crippen LogP contribution >= 0.6 is 0 Å². The highest BCUT2D eigenvalue weighted by molar-refractivity contribution is 6.04. The Labute approximate surface area is 141 Å². The molecule has 0 spiro atoms. The molecule has 5 heteroatoms. The van der Waals surface area contributed by atoms with E-state index in [2.05, 4.69) is 5.32 Å². The van der Waals surface area contributed by atoms with Gasteiger partial charge in [-0.15, -0.1) is 0 Å². The van der Waals surface area contributed by atoms with E-state index < -0.39 is 5.97 Å². The molecule has 0 saturated carbocycles. The molecule has 5 nitrogen and oxygen atoms in total. The Hall–Kier alpha value is -2.82. The van der Waals surface area contributed by atoms with Gasteiger partial charge in [-0.2, -0.15) is 0 Å². The Kier molecular flexibility index (Phi) is 6.37. The van der Waals surface area contributed by atoms with Crippen molar-refractivity contribution in [2.45, 2.75) is 26.2 Å². The largest absolute Gasteiger partial charge is 0.494 e. The number of anilines is 1. The lowest BCUT2D eigenvalue weighted by atomic mass is 10.1. The van der Waals surface area contributed by atoms with Gasteiger partial charge in [-0.05, 0) is 48.7 Å². The Morgan fingerprint density at radius 2 is 1.88 bits per heavy atom. The van der Waals surface area contributed by atoms with E-state index >= 15 is 0 Å². The van der Waals surface area contributed by atoms with Crippen molar-refractivity contribution >= 4 is 17.6 Å². The molecule has 0 bridgehead atoms. The van der Waals surface area contributed by atoms with Crippen molar-refractivity contribution < 1.29 is 19.4 Å². The second-order valence-corrected chi connectivity index (χ2v) is 5.42. The lowest BCUT2D eigenvalue weighted by molar-refractivity contribution is -0.136. The van der Waals surface area contributed by atoms with E-state index in [0.29, 0.717) is 30.0 Å². The van der Waals surface area contributed by atoms with Crippen LogP contribution in [0.15, 0.2) is 48.5 Å². The highest BCUT2D eigenvalue weighted by Crippen LogP contribution is 2.16. The van der Waals surface area contributed by atoms with Crippen LogP contribution in [0.4, 0.5) is 5.69 Å². The molecule has 0 aromatic heterocycles. The van der Waals surface area contributed by atoms with Gasteiger partial charge in [0.25, 0.3) is 5.91 Å². The predicted octanol–water partition coefficient (Wildman–Crippen LogP) is 3.74. The number of carbonyl (C=O) groups is 2. The number of carbonyl (C=O) groups excluding carboxylic acids is 1. The highest BCUT2D eigenvalue weighted by atomic mass is 16.5. The van der Waals surface area contributed by atoms with E-state index in [9.17, 15) is 9.59 Å². The van der Waals surface area contributed by atoms with Gasteiger partial charge in [0.15, 0.2) is 0 Å². The summed E-state index contributed by atoms with van der Waals surface area (Å²) >= 11 is 0. The zero-order valence-corrected chi connectivity index (χ0v) is 13.6. The van der Waals surface area contributed by atoms with Crippen molar-refractivity contribution in [2.24, 2.45) is 0 Å². The fourth-order valence-corrected chi connectivity index (χ4v) is 2.16. The topological polar surface area (TPSA) is 75.6 Å². The van der Waals surface area contributed by atoms with E-state index in [-0.39, 0.29) is 12.3 Å². The number of rotatable bonds is 8. The molecule has 126 valence electrons. The molecule has 0 radical (unpaired) electrons. The second kappa shape index (κ2) is 8.72. The lowest BCUT2D eigenvalue weighted by Crippen LogP contribution is -2.12. The Morgan fingerprint density at radius 3 is 2.54 bits per heavy atom. The molecule has 0 atom stereocenters. The van der Waals surface area contributed by atoms with Crippen LogP contribution in [0.3, 0.4) is 0 Å². The molecular weight excluding hydrogens is 306 g/mol. The second-order valence-electron chi connectivity index (χ2n) is 5.42. The number of carboxylic acid groups (broad SMARTS) is 1. The van der Waals surface area contributed by atoms with Crippen LogP contribution in [-0.2, 0) is 11.2 Å². The van der Waals surface area contributed by atoms with Crippen LogP contribution in [0.1, 0.15) is 35.7 Å². The molecule has 0 heterocycles. The monoisotopic (exact) mass is 327 g/mol. The van der Waals surface area contributed by atoms with Crippen molar-refractivity contribution in [3.05, 3.63) is 59.7 Å². The minimum atomic E-state index is -0.822. The van der Waals surface area contributed by atoms with Crippen LogP contribution in [0, 0.1) is 0 Å². The molecule has 24 heavy (non-hydrogen) atoms. The Morgan fingerprint density at radius 1 is 1.12 bits per heavy atom. The van der Waals surface area contributed by atoms with Crippen molar-refractivity contribution in [3.63, 3.8) is 0 Å². The number of aryl methyl sites for hydroxylation is 1. The molecule has 0 fully saturated rings. The maximum Gasteiger partial charge on any atom is 0.303 e. The van der Waals surface area contributed by atoms with E-state index in [1.54, 1.807) is 30.3 Å². The number of amides is 1. The Balaban J connectivity index is 1.97. The SMILES string of the molecule is CCCOc1cccc(C(=O)Nc2ccc(CCC(=O)O)cc2)c1. The van der Waals surface area contributed by atoms with Gasteiger partial charge in [-0.25, -0.2) is 0 Å². The first kappa shape index (κ1) is 17.5. The average Bonchev–Trinajstić information content (AvgIpc) is 2.59. The van der Waals surface area contributed by atoms with Gasteiger partial charge in [-0.3, -0.25) is 9.59 Å². The smallest absolute Gasteiger partial charge is 0.303 e. The minimum Gasteiger partial charge on any atom is -0.494 e. The van der Waals surface area contributed by atoms with Crippen LogP contribution < -0.4 is 10.1 Å². The summed E-state index contributed by atoms with van der Waals surface area (Å²) in [4.78, 5) is 22.9. The molecule has 1 amide bonds. The third-order valence-corrected chi connectivity index (χ3v) is 3.41. The van der Waals surface area contributed by atoms with Crippen LogP contribution in [-0.4, -0.2) is 23.6 Å². The third kappa shape index (κ3) is 5.43. The van der Waals surface area contributed by atoms with Crippen molar-refractivity contribution in [2.75, 3.05) is 11.9 Å². The highest BCUT2D eigenvalue weighted by Gasteiger charge is 2.08. The number of aliphatic carboxylic acids is 1. The summed E-state index contributed by atoms with van der Waals surface area (Å²) in [6, 6.07) is 14.2. The summed E-state index contributed by atoms with van der Waals surface area (Å²) in [5, 5.41) is 11.5. The fourth-order valence-electron chi connectivity index (χ4n) is 2.16. The van der Waals surface area contributed by atoms with Gasteiger partial charge in [-0.1, -0.05) is 25.1 Å². The predicted molar refractivity (Wildman–Crippen MR) is 92.6 cm³/mol. The normalized spacial score (nSPS) is 10.2. The molecule has 0 saturated heterocycles. The molecular formula is C19H21NO4. The summed E-state index contributed by atoms with van der Waals surface area (Å²) in [5.74, 6) is -0.360. The fraction of sp³-hybridized carbons (Fsp3) is 0.263. The summed E-state index contributed by atoms with van der Waals surface area (Å²) < 4.78 is 5.53. The summed E-state index contributed by atoms with van der Waals surface area (Å²) in [5.41, 5.74) is 2.11. The van der Waals surface area contributed by atoms with Crippen molar-refractivity contribution in [1.82, 2.24) is 0 Å². The zero-order chi connectivity index (χ0) is 17.4. The van der Waals surface area contributed by atoms with Gasteiger partial charge in [0.1, 0.15) is 5.75 Å². The quantitative estimate of drug-likeness (QED) is 0.774. The number of hydrogen-bond donors (Lipinski definition) is 2. The molecule has 2 aromatic rings. The van der Waals surface area contributed by atoms with Gasteiger partial charge in [0.2, 0.25) is 0 Å². The molecule has 2 rings (SSSR count). The van der Waals surface area contributed by atoms with Gasteiger partial charge in [0.05, 0.1) is 6.61 Å². The van der Waals surface area contributed by atoms with E-state index in [4.69, 9.17) is 9.84 Å². The van der Waals surface area contributed by atoms with Crippen LogP contribution in [0.5, 0.6) is 5.75 Å². The van der Waals surface area contributed by atoms with Gasteiger partial charge in [0, 0.05) is 17.7 Å². The first-order valence-electron chi connectivity index (χ1n) is 7.93. The molecule has 0 aliphatic heterocycles. The zero-order valence-electron chi connectivity index (χ0n) is 13.6. The van der Waals surface area contributed by atoms with Crippen LogP contribution in [0.25, 0.3) is 0 Å².